The molecule has 19 heavy (non-hydrogen) atoms. The van der Waals surface area contributed by atoms with Crippen LogP contribution in [0.15, 0.2) is 0 Å². The molecule has 0 aromatic carbocycles. The Kier molecular flexibility index (Phi) is 6.80. The second kappa shape index (κ2) is 7.85. The molecule has 1 heterocycles. The number of carbonyl (C=O) groups is 1. The van der Waals surface area contributed by atoms with Gasteiger partial charge < -0.3 is 11.1 Å². The molecule has 1 rings (SSSR count). The molecule has 4 heteroatoms. The first kappa shape index (κ1) is 16.4. The number of rotatable bonds is 6. The van der Waals surface area contributed by atoms with Crippen LogP contribution in [-0.4, -0.2) is 42.0 Å². The van der Waals surface area contributed by atoms with E-state index in [9.17, 15) is 4.79 Å². The van der Waals surface area contributed by atoms with Crippen LogP contribution in [0.2, 0.25) is 0 Å². The van der Waals surface area contributed by atoms with Crippen LogP contribution >= 0.6 is 0 Å². The Bertz CT molecular complexity index is 283. The summed E-state index contributed by atoms with van der Waals surface area (Å²) in [5.74, 6) is 0.869. The molecular formula is C15H31N3O. The third kappa shape index (κ3) is 4.77. The van der Waals surface area contributed by atoms with Gasteiger partial charge in [0.1, 0.15) is 0 Å². The quantitative estimate of drug-likeness (QED) is 0.772. The van der Waals surface area contributed by atoms with Crippen LogP contribution in [0, 0.1) is 5.92 Å². The maximum absolute atomic E-state index is 12.3. The minimum absolute atomic E-state index is 0.0691. The molecule has 0 radical (unpaired) electrons. The van der Waals surface area contributed by atoms with Gasteiger partial charge >= 0.3 is 0 Å². The number of piperidine rings is 1. The number of hydrogen-bond acceptors (Lipinski definition) is 3. The number of nitrogens with two attached hydrogens (primary N) is 1. The van der Waals surface area contributed by atoms with Gasteiger partial charge in [0.15, 0.2) is 0 Å². The summed E-state index contributed by atoms with van der Waals surface area (Å²) < 4.78 is 0. The molecule has 112 valence electrons. The number of carbonyl (C=O) groups excluding carboxylic acids is 1. The molecule has 1 aliphatic heterocycles. The van der Waals surface area contributed by atoms with Crippen molar-refractivity contribution < 1.29 is 4.79 Å². The molecule has 0 bridgehead atoms. The lowest BCUT2D eigenvalue weighted by molar-refractivity contribution is -0.128. The third-order valence-electron chi connectivity index (χ3n) is 4.28. The first-order chi connectivity index (χ1) is 8.99. The fourth-order valence-corrected chi connectivity index (χ4v) is 3.03. The van der Waals surface area contributed by atoms with E-state index in [0.717, 1.165) is 31.7 Å². The van der Waals surface area contributed by atoms with Gasteiger partial charge in [-0.1, -0.05) is 20.3 Å². The Morgan fingerprint density at radius 2 is 2.16 bits per heavy atom. The van der Waals surface area contributed by atoms with Crippen LogP contribution in [0.4, 0.5) is 0 Å². The SMILES string of the molecule is CCCC(C)NC(=O)C(C)N1CCC(C)CC1CN. The highest BCUT2D eigenvalue weighted by Gasteiger charge is 2.32. The highest BCUT2D eigenvalue weighted by Crippen LogP contribution is 2.23. The Balaban J connectivity index is 2.54. The average molecular weight is 269 g/mol. The summed E-state index contributed by atoms with van der Waals surface area (Å²) in [6.07, 6.45) is 4.41. The van der Waals surface area contributed by atoms with Crippen LogP contribution in [0.1, 0.15) is 53.4 Å². The van der Waals surface area contributed by atoms with Crippen LogP contribution in [-0.2, 0) is 4.79 Å². The average Bonchev–Trinajstić information content (AvgIpc) is 2.37. The number of hydrogen-bond donors (Lipinski definition) is 2. The summed E-state index contributed by atoms with van der Waals surface area (Å²) in [6.45, 7) is 10.1. The van der Waals surface area contributed by atoms with Gasteiger partial charge in [-0.2, -0.15) is 0 Å². The highest BCUT2D eigenvalue weighted by molar-refractivity contribution is 5.81. The van der Waals surface area contributed by atoms with Crippen molar-refractivity contribution in [3.05, 3.63) is 0 Å². The summed E-state index contributed by atoms with van der Waals surface area (Å²) >= 11 is 0. The maximum Gasteiger partial charge on any atom is 0.237 e. The van der Waals surface area contributed by atoms with E-state index in [1.54, 1.807) is 0 Å². The van der Waals surface area contributed by atoms with E-state index in [2.05, 4.69) is 31.0 Å². The van der Waals surface area contributed by atoms with Crippen LogP contribution < -0.4 is 11.1 Å². The van der Waals surface area contributed by atoms with Crippen LogP contribution in [0.3, 0.4) is 0 Å². The van der Waals surface area contributed by atoms with Crippen molar-refractivity contribution in [2.24, 2.45) is 11.7 Å². The third-order valence-corrected chi connectivity index (χ3v) is 4.28. The molecule has 0 aliphatic carbocycles. The Labute approximate surface area is 118 Å². The lowest BCUT2D eigenvalue weighted by Crippen LogP contribution is -2.55. The molecule has 3 N–H and O–H groups in total. The minimum Gasteiger partial charge on any atom is -0.352 e. The normalized spacial score (nSPS) is 27.8. The molecule has 0 saturated carbocycles. The summed E-state index contributed by atoms with van der Waals surface area (Å²) in [5.41, 5.74) is 5.87. The second-order valence-corrected chi connectivity index (χ2v) is 6.13. The van der Waals surface area contributed by atoms with Gasteiger partial charge in [-0.3, -0.25) is 9.69 Å². The highest BCUT2D eigenvalue weighted by atomic mass is 16.2. The predicted octanol–water partition coefficient (Wildman–Crippen LogP) is 1.74. The summed E-state index contributed by atoms with van der Waals surface area (Å²) in [7, 11) is 0. The van der Waals surface area contributed by atoms with Gasteiger partial charge in [-0.05, 0) is 45.6 Å². The van der Waals surface area contributed by atoms with Crippen molar-refractivity contribution in [1.29, 1.82) is 0 Å². The van der Waals surface area contributed by atoms with Gasteiger partial charge in [0.25, 0.3) is 0 Å². The molecule has 0 aromatic heterocycles. The summed E-state index contributed by atoms with van der Waals surface area (Å²) in [6, 6.07) is 0.548. The van der Waals surface area contributed by atoms with Crippen molar-refractivity contribution in [2.45, 2.75) is 71.5 Å². The van der Waals surface area contributed by atoms with E-state index in [1.165, 1.54) is 6.42 Å². The van der Waals surface area contributed by atoms with Gasteiger partial charge in [-0.15, -0.1) is 0 Å². The lowest BCUT2D eigenvalue weighted by Gasteiger charge is -2.41. The van der Waals surface area contributed by atoms with Crippen LogP contribution in [0.25, 0.3) is 0 Å². The zero-order valence-corrected chi connectivity index (χ0v) is 13.0. The summed E-state index contributed by atoms with van der Waals surface area (Å²) in [4.78, 5) is 14.6. The monoisotopic (exact) mass is 269 g/mol. The smallest absolute Gasteiger partial charge is 0.237 e. The van der Waals surface area contributed by atoms with Gasteiger partial charge in [-0.25, -0.2) is 0 Å². The number of likely N-dealkylation sites (tertiary alicyclic amines) is 1. The fourth-order valence-electron chi connectivity index (χ4n) is 3.03. The first-order valence-electron chi connectivity index (χ1n) is 7.75. The molecule has 1 amide bonds. The van der Waals surface area contributed by atoms with Crippen molar-refractivity contribution in [2.75, 3.05) is 13.1 Å². The van der Waals surface area contributed by atoms with E-state index in [1.807, 2.05) is 6.92 Å². The molecular weight excluding hydrogens is 238 g/mol. The predicted molar refractivity (Wildman–Crippen MR) is 79.9 cm³/mol. The molecule has 4 nitrogen and oxygen atoms in total. The Morgan fingerprint density at radius 1 is 1.47 bits per heavy atom. The molecule has 0 spiro atoms. The maximum atomic E-state index is 12.3. The Hall–Kier alpha value is -0.610. The van der Waals surface area contributed by atoms with Gasteiger partial charge in [0.2, 0.25) is 5.91 Å². The second-order valence-electron chi connectivity index (χ2n) is 6.13. The van der Waals surface area contributed by atoms with Crippen molar-refractivity contribution >= 4 is 5.91 Å². The first-order valence-corrected chi connectivity index (χ1v) is 7.75. The summed E-state index contributed by atoms with van der Waals surface area (Å²) in [5, 5.41) is 3.11. The number of nitrogens with one attached hydrogen (secondary N) is 1. The zero-order chi connectivity index (χ0) is 14.4. The molecule has 0 aromatic rings. The topological polar surface area (TPSA) is 58.4 Å². The van der Waals surface area contributed by atoms with E-state index >= 15 is 0 Å². The van der Waals surface area contributed by atoms with E-state index in [-0.39, 0.29) is 18.0 Å². The van der Waals surface area contributed by atoms with Crippen molar-refractivity contribution in [3.63, 3.8) is 0 Å². The van der Waals surface area contributed by atoms with Crippen LogP contribution in [0.5, 0.6) is 0 Å². The number of amides is 1. The molecule has 4 atom stereocenters. The molecule has 1 fully saturated rings. The lowest BCUT2D eigenvalue weighted by atomic mass is 9.91. The number of nitrogens with zero attached hydrogens (tertiary/aromatic N) is 1. The van der Waals surface area contributed by atoms with Gasteiger partial charge in [0, 0.05) is 18.6 Å². The largest absolute Gasteiger partial charge is 0.352 e. The Morgan fingerprint density at radius 3 is 2.74 bits per heavy atom. The van der Waals surface area contributed by atoms with E-state index in [4.69, 9.17) is 5.73 Å². The molecule has 4 unspecified atom stereocenters. The van der Waals surface area contributed by atoms with E-state index in [0.29, 0.717) is 12.6 Å². The fraction of sp³-hybridized carbons (Fsp3) is 0.933. The molecule has 1 aliphatic rings. The standard InChI is InChI=1S/C15H31N3O/c1-5-6-12(3)17-15(19)13(4)18-8-7-11(2)9-14(18)10-16/h11-14H,5-10,16H2,1-4H3,(H,17,19). The zero-order valence-electron chi connectivity index (χ0n) is 13.0. The van der Waals surface area contributed by atoms with Crippen molar-refractivity contribution in [1.82, 2.24) is 10.2 Å². The minimum atomic E-state index is -0.0691. The van der Waals surface area contributed by atoms with E-state index < -0.39 is 0 Å². The van der Waals surface area contributed by atoms with Gasteiger partial charge in [0.05, 0.1) is 6.04 Å². The van der Waals surface area contributed by atoms with Crippen molar-refractivity contribution in [3.8, 4) is 0 Å². The molecule has 1 saturated heterocycles.